The number of nitrogens with zero attached hydrogens (tertiary/aromatic N) is 1. The van der Waals surface area contributed by atoms with Crippen LogP contribution in [0.3, 0.4) is 0 Å². The summed E-state index contributed by atoms with van der Waals surface area (Å²) in [5.41, 5.74) is 5.06. The summed E-state index contributed by atoms with van der Waals surface area (Å²) in [7, 11) is 0. The Balaban J connectivity index is 3.04. The number of nitrogens with two attached hydrogens (primary N) is 1. The summed E-state index contributed by atoms with van der Waals surface area (Å²) < 4.78 is 0. The molecule has 0 aromatic rings. The summed E-state index contributed by atoms with van der Waals surface area (Å²) in [6.45, 7) is 2.26. The second-order valence-electron chi connectivity index (χ2n) is 1.27. The highest BCUT2D eigenvalue weighted by Crippen LogP contribution is 1.82. The molecule has 0 fully saturated rings. The molecule has 2 N–H and O–H groups in total. The Kier molecular flexibility index (Phi) is 2.43. The first-order valence-corrected chi connectivity index (χ1v) is 1.91. The van der Waals surface area contributed by atoms with Crippen LogP contribution in [-0.2, 0) is 0 Å². The zero-order valence-electron chi connectivity index (χ0n) is 3.81. The predicted molar refractivity (Wildman–Crippen MR) is 23.8 cm³/mol. The Morgan fingerprint density at radius 1 is 2.00 bits per heavy atom. The highest BCUT2D eigenvalue weighted by Gasteiger charge is 1.88. The van der Waals surface area contributed by atoms with Crippen LogP contribution in [0.25, 0.3) is 0 Å². The van der Waals surface area contributed by atoms with Crippen molar-refractivity contribution in [3.05, 3.63) is 0 Å². The summed E-state index contributed by atoms with van der Waals surface area (Å²) >= 11 is 0. The van der Waals surface area contributed by atoms with Gasteiger partial charge in [0.1, 0.15) is 0 Å². The van der Waals surface area contributed by atoms with Crippen molar-refractivity contribution in [3.63, 3.8) is 0 Å². The minimum Gasteiger partial charge on any atom is -0.329 e. The van der Waals surface area contributed by atoms with Crippen LogP contribution in [0.4, 0.5) is 0 Å². The van der Waals surface area contributed by atoms with Gasteiger partial charge in [0, 0.05) is 6.54 Å². The molecule has 0 saturated heterocycles. The minimum absolute atomic E-state index is 0.0185. The van der Waals surface area contributed by atoms with Gasteiger partial charge in [0.25, 0.3) is 0 Å². The van der Waals surface area contributed by atoms with Crippen molar-refractivity contribution in [1.82, 2.24) is 0 Å². The summed E-state index contributed by atoms with van der Waals surface area (Å²) in [4.78, 5) is 0. The SMILES string of the molecule is C[C@H](C#N)CN. The van der Waals surface area contributed by atoms with Gasteiger partial charge in [-0.2, -0.15) is 5.26 Å². The molecule has 2 heteroatoms. The van der Waals surface area contributed by atoms with Crippen molar-refractivity contribution in [3.8, 4) is 6.07 Å². The van der Waals surface area contributed by atoms with Crippen LogP contribution < -0.4 is 5.73 Å². The van der Waals surface area contributed by atoms with E-state index in [1.807, 2.05) is 6.07 Å². The van der Waals surface area contributed by atoms with Crippen LogP contribution in [0.15, 0.2) is 0 Å². The van der Waals surface area contributed by atoms with Gasteiger partial charge in [-0.25, -0.2) is 0 Å². The molecule has 0 aromatic heterocycles. The van der Waals surface area contributed by atoms with E-state index in [1.165, 1.54) is 0 Å². The van der Waals surface area contributed by atoms with E-state index in [9.17, 15) is 0 Å². The molecule has 6 heavy (non-hydrogen) atoms. The molecular weight excluding hydrogens is 76.1 g/mol. The molecule has 0 radical (unpaired) electrons. The number of nitriles is 1. The largest absolute Gasteiger partial charge is 0.329 e. The smallest absolute Gasteiger partial charge is 0.0666 e. The number of rotatable bonds is 1. The molecule has 0 aliphatic heterocycles. The van der Waals surface area contributed by atoms with E-state index in [0.29, 0.717) is 6.54 Å². The normalized spacial score (nSPS) is 12.8. The van der Waals surface area contributed by atoms with Gasteiger partial charge >= 0.3 is 0 Å². The van der Waals surface area contributed by atoms with Crippen LogP contribution in [0.1, 0.15) is 6.92 Å². The Hall–Kier alpha value is -0.550. The van der Waals surface area contributed by atoms with Crippen molar-refractivity contribution in [1.29, 1.82) is 5.26 Å². The summed E-state index contributed by atoms with van der Waals surface area (Å²) in [6.07, 6.45) is 0. The Bertz CT molecular complexity index is 62.4. The van der Waals surface area contributed by atoms with Crippen LogP contribution in [0.2, 0.25) is 0 Å². The van der Waals surface area contributed by atoms with Crippen molar-refractivity contribution < 1.29 is 0 Å². The zero-order chi connectivity index (χ0) is 4.99. The standard InChI is InChI=1S/C4H8N2/c1-4(2-5)3-6/h4H,2,5H2,1H3/t4-/m0/s1. The highest BCUT2D eigenvalue weighted by atomic mass is 14.5. The molecule has 0 aromatic carbocycles. The molecule has 0 aliphatic carbocycles. The third kappa shape index (κ3) is 1.74. The quantitative estimate of drug-likeness (QED) is 0.490. The van der Waals surface area contributed by atoms with Gasteiger partial charge in [-0.05, 0) is 6.92 Å². The predicted octanol–water partition coefficient (Wildman–Crippen LogP) is 0.105. The van der Waals surface area contributed by atoms with Gasteiger partial charge in [0.05, 0.1) is 12.0 Å². The lowest BCUT2D eigenvalue weighted by atomic mass is 10.2. The van der Waals surface area contributed by atoms with Gasteiger partial charge in [-0.15, -0.1) is 0 Å². The summed E-state index contributed by atoms with van der Waals surface area (Å²) in [5.74, 6) is 0.0185. The van der Waals surface area contributed by atoms with E-state index in [1.54, 1.807) is 6.92 Å². The van der Waals surface area contributed by atoms with Crippen LogP contribution >= 0.6 is 0 Å². The number of hydrogen-bond donors (Lipinski definition) is 1. The fraction of sp³-hybridized carbons (Fsp3) is 0.750. The van der Waals surface area contributed by atoms with E-state index in [4.69, 9.17) is 11.0 Å². The molecule has 0 bridgehead atoms. The molecule has 34 valence electrons. The Morgan fingerprint density at radius 3 is 2.50 bits per heavy atom. The van der Waals surface area contributed by atoms with Crippen molar-refractivity contribution in [2.75, 3.05) is 6.54 Å². The number of hydrogen-bond acceptors (Lipinski definition) is 2. The monoisotopic (exact) mass is 84.1 g/mol. The summed E-state index contributed by atoms with van der Waals surface area (Å²) in [6, 6.07) is 1.99. The van der Waals surface area contributed by atoms with Crippen LogP contribution in [0.5, 0.6) is 0 Å². The second-order valence-corrected chi connectivity index (χ2v) is 1.27. The van der Waals surface area contributed by atoms with Crippen molar-refractivity contribution >= 4 is 0 Å². The maximum absolute atomic E-state index is 8.00. The molecular formula is C4H8N2. The van der Waals surface area contributed by atoms with E-state index >= 15 is 0 Å². The first kappa shape index (κ1) is 5.45. The average Bonchev–Trinajstić information content (AvgIpc) is 1.65. The van der Waals surface area contributed by atoms with Crippen LogP contribution in [-0.4, -0.2) is 6.54 Å². The molecule has 2 nitrogen and oxygen atoms in total. The molecule has 0 saturated carbocycles. The van der Waals surface area contributed by atoms with Crippen LogP contribution in [0, 0.1) is 17.2 Å². The van der Waals surface area contributed by atoms with Gasteiger partial charge in [0.2, 0.25) is 0 Å². The Morgan fingerprint density at radius 2 is 2.50 bits per heavy atom. The first-order chi connectivity index (χ1) is 2.81. The molecule has 0 heterocycles. The highest BCUT2D eigenvalue weighted by molar-refractivity contribution is 4.78. The van der Waals surface area contributed by atoms with Gasteiger partial charge in [0.15, 0.2) is 0 Å². The van der Waals surface area contributed by atoms with Gasteiger partial charge in [-0.3, -0.25) is 0 Å². The molecule has 0 unspecified atom stereocenters. The van der Waals surface area contributed by atoms with E-state index in [0.717, 1.165) is 0 Å². The fourth-order valence-corrected chi connectivity index (χ4v) is 0.0527. The second kappa shape index (κ2) is 2.67. The van der Waals surface area contributed by atoms with E-state index in [2.05, 4.69) is 0 Å². The lowest BCUT2D eigenvalue weighted by Crippen LogP contribution is -2.07. The molecule has 0 rings (SSSR count). The topological polar surface area (TPSA) is 49.8 Å². The third-order valence-corrected chi connectivity index (χ3v) is 0.574. The van der Waals surface area contributed by atoms with Crippen molar-refractivity contribution in [2.45, 2.75) is 6.92 Å². The molecule has 1 atom stereocenters. The van der Waals surface area contributed by atoms with E-state index < -0.39 is 0 Å². The maximum atomic E-state index is 8.00. The molecule has 0 amide bonds. The molecule has 0 spiro atoms. The third-order valence-electron chi connectivity index (χ3n) is 0.574. The molecule has 0 aliphatic rings. The Labute approximate surface area is 37.6 Å². The minimum atomic E-state index is 0.0185. The average molecular weight is 84.1 g/mol. The van der Waals surface area contributed by atoms with E-state index in [-0.39, 0.29) is 5.92 Å². The first-order valence-electron chi connectivity index (χ1n) is 1.91. The fourth-order valence-electron chi connectivity index (χ4n) is 0.0527. The summed E-state index contributed by atoms with van der Waals surface area (Å²) in [5, 5.41) is 8.00. The zero-order valence-corrected chi connectivity index (χ0v) is 3.81. The maximum Gasteiger partial charge on any atom is 0.0666 e. The lowest BCUT2D eigenvalue weighted by molar-refractivity contribution is 0.755. The van der Waals surface area contributed by atoms with Gasteiger partial charge in [-0.1, -0.05) is 0 Å². The van der Waals surface area contributed by atoms with Crippen molar-refractivity contribution in [2.24, 2.45) is 11.7 Å². The van der Waals surface area contributed by atoms with Gasteiger partial charge < -0.3 is 5.73 Å². The lowest BCUT2D eigenvalue weighted by Gasteiger charge is -1.87.